The molecule has 0 spiro atoms. The molecule has 0 radical (unpaired) electrons. The van der Waals surface area contributed by atoms with E-state index in [0.29, 0.717) is 18.5 Å². The molecule has 0 saturated carbocycles. The Morgan fingerprint density at radius 1 is 1.48 bits per heavy atom. The zero-order chi connectivity index (χ0) is 15.5. The van der Waals surface area contributed by atoms with Crippen LogP contribution in [0.3, 0.4) is 0 Å². The first-order valence-electron chi connectivity index (χ1n) is 6.57. The lowest BCUT2D eigenvalue weighted by atomic mass is 10.2. The van der Waals surface area contributed by atoms with Crippen LogP contribution in [0.1, 0.15) is 19.3 Å². The second-order valence-corrected chi connectivity index (χ2v) is 6.62. The fourth-order valence-corrected chi connectivity index (χ4v) is 3.32. The van der Waals surface area contributed by atoms with Crippen LogP contribution in [0, 0.1) is 15.9 Å². The predicted molar refractivity (Wildman–Crippen MR) is 73.9 cm³/mol. The molecule has 1 saturated heterocycles. The van der Waals surface area contributed by atoms with Gasteiger partial charge in [-0.15, -0.1) is 0 Å². The van der Waals surface area contributed by atoms with Crippen molar-refractivity contribution in [1.29, 1.82) is 0 Å². The van der Waals surface area contributed by atoms with Gasteiger partial charge in [-0.25, -0.2) is 13.1 Å². The number of hydrogen-bond acceptors (Lipinski definition) is 5. The van der Waals surface area contributed by atoms with Crippen LogP contribution in [-0.2, 0) is 10.0 Å². The van der Waals surface area contributed by atoms with E-state index in [0.717, 1.165) is 31.5 Å². The Hall–Kier alpha value is -1.58. The number of halogens is 1. The maximum absolute atomic E-state index is 13.5. The highest BCUT2D eigenvalue weighted by atomic mass is 32.2. The second kappa shape index (κ2) is 6.46. The van der Waals surface area contributed by atoms with E-state index in [1.165, 1.54) is 0 Å². The number of rotatable bonds is 6. The number of hydrogen-bond donors (Lipinski definition) is 2. The van der Waals surface area contributed by atoms with Crippen molar-refractivity contribution in [3.05, 3.63) is 34.1 Å². The van der Waals surface area contributed by atoms with Gasteiger partial charge >= 0.3 is 5.69 Å². The fraction of sp³-hybridized carbons (Fsp3) is 0.500. The van der Waals surface area contributed by atoms with E-state index in [1.807, 2.05) is 0 Å². The van der Waals surface area contributed by atoms with Crippen molar-refractivity contribution in [2.75, 3.05) is 13.1 Å². The highest BCUT2D eigenvalue weighted by molar-refractivity contribution is 7.89. The summed E-state index contributed by atoms with van der Waals surface area (Å²) in [6.07, 6.45) is 2.73. The summed E-state index contributed by atoms with van der Waals surface area (Å²) in [5, 5.41) is 13.7. The molecule has 2 rings (SSSR count). The minimum atomic E-state index is -3.86. The Morgan fingerprint density at radius 2 is 2.24 bits per heavy atom. The Bertz CT molecular complexity index is 629. The summed E-state index contributed by atoms with van der Waals surface area (Å²) >= 11 is 0. The SMILES string of the molecule is O=[N+]([O-])c1ccc(S(=O)(=O)NCC[C@@H]2CCCN2)cc1F. The van der Waals surface area contributed by atoms with E-state index in [2.05, 4.69) is 10.0 Å². The molecule has 0 unspecified atom stereocenters. The van der Waals surface area contributed by atoms with Gasteiger partial charge < -0.3 is 5.32 Å². The predicted octanol–water partition coefficient (Wildman–Crippen LogP) is 1.15. The summed E-state index contributed by atoms with van der Waals surface area (Å²) in [6.45, 7) is 1.17. The number of nitrogens with zero attached hydrogens (tertiary/aromatic N) is 1. The van der Waals surface area contributed by atoms with Gasteiger partial charge in [0.1, 0.15) is 0 Å². The first-order valence-corrected chi connectivity index (χ1v) is 8.05. The summed E-state index contributed by atoms with van der Waals surface area (Å²) in [6, 6.07) is 2.83. The standard InChI is InChI=1S/C12H16FN3O4S/c13-11-8-10(3-4-12(11)16(17)18)21(19,20)15-7-5-9-2-1-6-14-9/h3-4,8-9,14-15H,1-2,5-7H2/t9-/m0/s1. The lowest BCUT2D eigenvalue weighted by Gasteiger charge is -2.11. The third-order valence-electron chi connectivity index (χ3n) is 3.37. The summed E-state index contributed by atoms with van der Waals surface area (Å²) in [5.41, 5.74) is -0.746. The highest BCUT2D eigenvalue weighted by Crippen LogP contribution is 2.20. The van der Waals surface area contributed by atoms with Gasteiger partial charge in [0.05, 0.1) is 9.82 Å². The summed E-state index contributed by atoms with van der Waals surface area (Å²) < 4.78 is 39.8. The van der Waals surface area contributed by atoms with Crippen LogP contribution < -0.4 is 10.0 Å². The first-order chi connectivity index (χ1) is 9.90. The molecule has 9 heteroatoms. The first kappa shape index (κ1) is 15.8. The van der Waals surface area contributed by atoms with E-state index in [1.54, 1.807) is 0 Å². The second-order valence-electron chi connectivity index (χ2n) is 4.85. The van der Waals surface area contributed by atoms with E-state index in [9.17, 15) is 22.9 Å². The van der Waals surface area contributed by atoms with E-state index < -0.39 is 26.5 Å². The van der Waals surface area contributed by atoms with Crippen LogP contribution in [0.2, 0.25) is 0 Å². The van der Waals surface area contributed by atoms with Gasteiger partial charge in [-0.1, -0.05) is 0 Å². The van der Waals surface area contributed by atoms with Crippen LogP contribution >= 0.6 is 0 Å². The van der Waals surface area contributed by atoms with Gasteiger partial charge in [-0.2, -0.15) is 4.39 Å². The molecule has 2 N–H and O–H groups in total. The number of sulfonamides is 1. The third-order valence-corrected chi connectivity index (χ3v) is 4.83. The largest absolute Gasteiger partial charge is 0.314 e. The van der Waals surface area contributed by atoms with Crippen molar-refractivity contribution in [3.63, 3.8) is 0 Å². The molecule has 1 aromatic rings. The van der Waals surface area contributed by atoms with Crippen LogP contribution in [0.5, 0.6) is 0 Å². The lowest BCUT2D eigenvalue weighted by molar-refractivity contribution is -0.387. The van der Waals surface area contributed by atoms with Crippen molar-refractivity contribution < 1.29 is 17.7 Å². The number of nitro groups is 1. The van der Waals surface area contributed by atoms with Gasteiger partial charge in [0.25, 0.3) is 0 Å². The number of nitrogens with one attached hydrogen (secondary N) is 2. The smallest absolute Gasteiger partial charge is 0.304 e. The van der Waals surface area contributed by atoms with Crippen molar-refractivity contribution in [3.8, 4) is 0 Å². The summed E-state index contributed by atoms with van der Waals surface area (Å²) in [4.78, 5) is 9.28. The molecule has 0 aliphatic carbocycles. The number of nitro benzene ring substituents is 1. The minimum Gasteiger partial charge on any atom is -0.314 e. The molecule has 1 fully saturated rings. The van der Waals surface area contributed by atoms with Gasteiger partial charge in [0.2, 0.25) is 15.8 Å². The number of benzene rings is 1. The average Bonchev–Trinajstić information content (AvgIpc) is 2.91. The molecule has 1 heterocycles. The maximum Gasteiger partial charge on any atom is 0.304 e. The zero-order valence-corrected chi connectivity index (χ0v) is 12.0. The quantitative estimate of drug-likeness (QED) is 0.605. The van der Waals surface area contributed by atoms with Gasteiger partial charge in [-0.3, -0.25) is 10.1 Å². The molecule has 0 aromatic heterocycles. The van der Waals surface area contributed by atoms with Gasteiger partial charge in [0.15, 0.2) is 0 Å². The minimum absolute atomic E-state index is 0.235. The lowest BCUT2D eigenvalue weighted by Crippen LogP contribution is -2.30. The molecular formula is C12H16FN3O4S. The Labute approximate surface area is 121 Å². The molecule has 21 heavy (non-hydrogen) atoms. The average molecular weight is 317 g/mol. The van der Waals surface area contributed by atoms with Crippen LogP contribution in [0.4, 0.5) is 10.1 Å². The fourth-order valence-electron chi connectivity index (χ4n) is 2.26. The topological polar surface area (TPSA) is 101 Å². The van der Waals surface area contributed by atoms with E-state index in [4.69, 9.17) is 0 Å². The zero-order valence-electron chi connectivity index (χ0n) is 11.2. The van der Waals surface area contributed by atoms with Gasteiger partial charge in [-0.05, 0) is 31.9 Å². The monoisotopic (exact) mass is 317 g/mol. The summed E-state index contributed by atoms with van der Waals surface area (Å²) in [5.74, 6) is -1.17. The van der Waals surface area contributed by atoms with Crippen LogP contribution in [0.15, 0.2) is 23.1 Å². The molecule has 7 nitrogen and oxygen atoms in total. The van der Waals surface area contributed by atoms with Crippen LogP contribution in [-0.4, -0.2) is 32.5 Å². The molecular weight excluding hydrogens is 301 g/mol. The Kier molecular flexibility index (Phi) is 4.86. The molecule has 0 amide bonds. The Balaban J connectivity index is 2.01. The Morgan fingerprint density at radius 3 is 2.81 bits per heavy atom. The molecule has 1 aliphatic rings. The van der Waals surface area contributed by atoms with E-state index in [-0.39, 0.29) is 11.4 Å². The van der Waals surface area contributed by atoms with Crippen molar-refractivity contribution in [2.24, 2.45) is 0 Å². The molecule has 116 valence electrons. The molecule has 1 aromatic carbocycles. The molecule has 1 atom stereocenters. The third kappa shape index (κ3) is 3.96. The van der Waals surface area contributed by atoms with Crippen molar-refractivity contribution in [2.45, 2.75) is 30.2 Å². The molecule has 1 aliphatic heterocycles. The highest BCUT2D eigenvalue weighted by Gasteiger charge is 2.21. The van der Waals surface area contributed by atoms with Crippen molar-refractivity contribution >= 4 is 15.7 Å². The van der Waals surface area contributed by atoms with Crippen molar-refractivity contribution in [1.82, 2.24) is 10.0 Å². The molecule has 0 bridgehead atoms. The van der Waals surface area contributed by atoms with E-state index >= 15 is 0 Å². The normalized spacial score (nSPS) is 18.8. The summed E-state index contributed by atoms with van der Waals surface area (Å²) in [7, 11) is -3.86. The van der Waals surface area contributed by atoms with Crippen LogP contribution in [0.25, 0.3) is 0 Å². The maximum atomic E-state index is 13.5. The van der Waals surface area contributed by atoms with Gasteiger partial charge in [0, 0.05) is 24.7 Å².